The Kier molecular flexibility index (Phi) is 11.5. The fourth-order valence-corrected chi connectivity index (χ4v) is 2.74. The summed E-state index contributed by atoms with van der Waals surface area (Å²) in [4.78, 5) is 2.40. The minimum absolute atomic E-state index is 0. The van der Waals surface area contributed by atoms with Crippen molar-refractivity contribution in [3.8, 4) is 0 Å². The predicted molar refractivity (Wildman–Crippen MR) is 102 cm³/mol. The van der Waals surface area contributed by atoms with Gasteiger partial charge < -0.3 is 10.6 Å². The molecule has 0 saturated carbocycles. The Bertz CT molecular complexity index is 410. The molecule has 0 aliphatic rings. The summed E-state index contributed by atoms with van der Waals surface area (Å²) in [6.45, 7) is 5.39. The zero-order chi connectivity index (χ0) is 13.0. The molecule has 1 aromatic heterocycles. The first-order valence-corrected chi connectivity index (χ1v) is 6.73. The van der Waals surface area contributed by atoms with E-state index in [1.54, 1.807) is 11.3 Å². The molecule has 0 unspecified atom stereocenters. The third-order valence-electron chi connectivity index (χ3n) is 2.48. The molecule has 1 rings (SSSR count). The first-order valence-electron chi connectivity index (χ1n) is 5.02. The molecule has 0 bridgehead atoms. The average molecular weight is 450 g/mol. The van der Waals surface area contributed by atoms with Gasteiger partial charge in [-0.15, -0.1) is 70.6 Å². The van der Waals surface area contributed by atoms with Crippen LogP contribution in [0.5, 0.6) is 0 Å². The molecule has 0 saturated heterocycles. The SMILES string of the molecule is Br.Br.Cc1c(CNC(=N)S)sc(CNC(=N)S)c1C. The molecule has 9 heteroatoms. The second kappa shape index (κ2) is 10.1. The van der Waals surface area contributed by atoms with Crippen LogP contribution in [0.3, 0.4) is 0 Å². The standard InChI is InChI=1S/C10H16N4S3.2BrH/c1-5-6(2)8(4-14-10(12)16)17-7(5)3-13-9(11)15;;/h3-4H2,1-2H3,(H3,11,13,15)(H3,12,14,16);2*1H. The zero-order valence-corrected chi connectivity index (χ0v) is 16.6. The Morgan fingerprint density at radius 3 is 1.53 bits per heavy atom. The zero-order valence-electron chi connectivity index (χ0n) is 10.5. The Balaban J connectivity index is 0. The molecule has 0 fully saturated rings. The normalized spacial score (nSPS) is 9.05. The highest BCUT2D eigenvalue weighted by molar-refractivity contribution is 8.93. The van der Waals surface area contributed by atoms with Crippen molar-refractivity contribution >= 4 is 80.9 Å². The number of halogens is 2. The summed E-state index contributed by atoms with van der Waals surface area (Å²) in [6, 6.07) is 0. The minimum atomic E-state index is 0. The fourth-order valence-electron chi connectivity index (χ4n) is 1.39. The van der Waals surface area contributed by atoms with Crippen molar-refractivity contribution in [1.82, 2.24) is 10.6 Å². The van der Waals surface area contributed by atoms with Crippen molar-refractivity contribution in [2.45, 2.75) is 26.9 Å². The Morgan fingerprint density at radius 2 is 1.26 bits per heavy atom. The summed E-state index contributed by atoms with van der Waals surface area (Å²) < 4.78 is 0. The van der Waals surface area contributed by atoms with Crippen LogP contribution in [0, 0.1) is 24.7 Å². The summed E-state index contributed by atoms with van der Waals surface area (Å²) in [5.41, 5.74) is 2.47. The number of hydrogen-bond donors (Lipinski definition) is 6. The summed E-state index contributed by atoms with van der Waals surface area (Å²) in [5, 5.41) is 20.6. The maximum Gasteiger partial charge on any atom is 0.150 e. The number of hydrogen-bond acceptors (Lipinski definition) is 3. The van der Waals surface area contributed by atoms with E-state index < -0.39 is 0 Å². The Labute approximate surface area is 149 Å². The number of amidine groups is 2. The first-order chi connectivity index (χ1) is 7.91. The molecule has 4 N–H and O–H groups in total. The second-order valence-electron chi connectivity index (χ2n) is 3.60. The molecule has 19 heavy (non-hydrogen) atoms. The van der Waals surface area contributed by atoms with Gasteiger partial charge in [-0.3, -0.25) is 10.8 Å². The maximum atomic E-state index is 7.22. The van der Waals surface area contributed by atoms with Gasteiger partial charge in [0.15, 0.2) is 10.3 Å². The lowest BCUT2D eigenvalue weighted by atomic mass is 10.1. The molecule has 0 radical (unpaired) electrons. The molecule has 1 heterocycles. The summed E-state index contributed by atoms with van der Waals surface area (Å²) in [7, 11) is 0. The quantitative estimate of drug-likeness (QED) is 0.242. The van der Waals surface area contributed by atoms with Gasteiger partial charge in [0, 0.05) is 9.75 Å². The number of rotatable bonds is 4. The van der Waals surface area contributed by atoms with E-state index in [-0.39, 0.29) is 44.3 Å². The van der Waals surface area contributed by atoms with Crippen LogP contribution in [0.15, 0.2) is 0 Å². The Morgan fingerprint density at radius 1 is 0.947 bits per heavy atom. The molecular weight excluding hydrogens is 432 g/mol. The third-order valence-corrected chi connectivity index (χ3v) is 4.19. The van der Waals surface area contributed by atoms with Crippen molar-refractivity contribution < 1.29 is 0 Å². The van der Waals surface area contributed by atoms with Crippen LogP contribution >= 0.6 is 70.6 Å². The van der Waals surface area contributed by atoms with E-state index >= 15 is 0 Å². The van der Waals surface area contributed by atoms with Crippen LogP contribution in [0.1, 0.15) is 20.9 Å². The highest BCUT2D eigenvalue weighted by Gasteiger charge is 2.11. The minimum Gasteiger partial charge on any atom is -0.360 e. The molecule has 1 aromatic rings. The van der Waals surface area contributed by atoms with Crippen LogP contribution in [-0.2, 0) is 13.1 Å². The van der Waals surface area contributed by atoms with Gasteiger partial charge in [0.2, 0.25) is 0 Å². The maximum absolute atomic E-state index is 7.22. The van der Waals surface area contributed by atoms with Crippen LogP contribution in [0.25, 0.3) is 0 Å². The van der Waals surface area contributed by atoms with Gasteiger partial charge in [-0.2, -0.15) is 0 Å². The average Bonchev–Trinajstić information content (AvgIpc) is 2.51. The lowest BCUT2D eigenvalue weighted by Gasteiger charge is -2.01. The van der Waals surface area contributed by atoms with Gasteiger partial charge >= 0.3 is 0 Å². The van der Waals surface area contributed by atoms with Crippen LogP contribution in [0.2, 0.25) is 0 Å². The number of thiophene rings is 1. The smallest absolute Gasteiger partial charge is 0.150 e. The molecule has 4 nitrogen and oxygen atoms in total. The van der Waals surface area contributed by atoms with E-state index in [0.29, 0.717) is 13.1 Å². The molecular formula is C10H18Br2N4S3. The lowest BCUT2D eigenvalue weighted by molar-refractivity contribution is 0.927. The molecule has 0 spiro atoms. The van der Waals surface area contributed by atoms with Crippen molar-refractivity contribution in [2.24, 2.45) is 0 Å². The van der Waals surface area contributed by atoms with Gasteiger partial charge in [-0.25, -0.2) is 0 Å². The molecule has 0 atom stereocenters. The second-order valence-corrected chi connectivity index (χ2v) is 5.69. The highest BCUT2D eigenvalue weighted by atomic mass is 79.9. The van der Waals surface area contributed by atoms with Gasteiger partial charge in [0.05, 0.1) is 13.1 Å². The monoisotopic (exact) mass is 448 g/mol. The van der Waals surface area contributed by atoms with Crippen molar-refractivity contribution in [3.05, 3.63) is 20.9 Å². The summed E-state index contributed by atoms with van der Waals surface area (Å²) >= 11 is 9.46. The van der Waals surface area contributed by atoms with Gasteiger partial charge in [-0.1, -0.05) is 0 Å². The van der Waals surface area contributed by atoms with E-state index in [4.69, 9.17) is 10.8 Å². The molecule has 0 aliphatic heterocycles. The van der Waals surface area contributed by atoms with E-state index in [1.165, 1.54) is 20.9 Å². The van der Waals surface area contributed by atoms with E-state index in [9.17, 15) is 0 Å². The molecule has 0 aliphatic carbocycles. The number of nitrogens with one attached hydrogen (secondary N) is 4. The molecule has 0 aromatic carbocycles. The molecule has 110 valence electrons. The van der Waals surface area contributed by atoms with E-state index in [1.807, 2.05) is 0 Å². The van der Waals surface area contributed by atoms with Crippen LogP contribution in [0.4, 0.5) is 0 Å². The van der Waals surface area contributed by atoms with E-state index in [0.717, 1.165) is 0 Å². The van der Waals surface area contributed by atoms with Crippen molar-refractivity contribution in [1.29, 1.82) is 10.8 Å². The van der Waals surface area contributed by atoms with E-state index in [2.05, 4.69) is 49.7 Å². The fraction of sp³-hybridized carbons (Fsp3) is 0.400. The molecule has 0 amide bonds. The first kappa shape index (κ1) is 21.6. The third kappa shape index (κ3) is 7.03. The van der Waals surface area contributed by atoms with Gasteiger partial charge in [-0.05, 0) is 25.0 Å². The van der Waals surface area contributed by atoms with Gasteiger partial charge in [0.1, 0.15) is 0 Å². The van der Waals surface area contributed by atoms with Crippen molar-refractivity contribution in [2.75, 3.05) is 0 Å². The largest absolute Gasteiger partial charge is 0.360 e. The summed E-state index contributed by atoms with van der Waals surface area (Å²) in [5.74, 6) is 0. The van der Waals surface area contributed by atoms with Crippen molar-refractivity contribution in [3.63, 3.8) is 0 Å². The van der Waals surface area contributed by atoms with Gasteiger partial charge in [0.25, 0.3) is 0 Å². The predicted octanol–water partition coefficient (Wildman–Crippen LogP) is 3.43. The topological polar surface area (TPSA) is 71.8 Å². The lowest BCUT2D eigenvalue weighted by Crippen LogP contribution is -2.16. The highest BCUT2D eigenvalue weighted by Crippen LogP contribution is 2.27. The van der Waals surface area contributed by atoms with Crippen LogP contribution < -0.4 is 10.6 Å². The Hall–Kier alpha value is 0.300. The number of thiol groups is 2. The van der Waals surface area contributed by atoms with Crippen LogP contribution in [-0.4, -0.2) is 10.3 Å². The summed E-state index contributed by atoms with van der Waals surface area (Å²) in [6.07, 6.45) is 0.